The van der Waals surface area contributed by atoms with Crippen molar-refractivity contribution in [1.82, 2.24) is 10.3 Å². The SMILES string of the molecule is O=C(O)[C@H](CCO[C@H]1C[C@H](CCc2ccc3c(n2)NCCC3)C1)NC(=O)C12CCC(CC1)CC2. The first-order chi connectivity index (χ1) is 16.5. The predicted molar refractivity (Wildman–Crippen MR) is 130 cm³/mol. The van der Waals surface area contributed by atoms with Gasteiger partial charge >= 0.3 is 5.97 Å². The second-order valence-electron chi connectivity index (χ2n) is 11.1. The summed E-state index contributed by atoms with van der Waals surface area (Å²) in [5, 5.41) is 15.9. The van der Waals surface area contributed by atoms with Gasteiger partial charge in [-0.25, -0.2) is 9.78 Å². The van der Waals surface area contributed by atoms with Crippen LogP contribution in [-0.4, -0.2) is 47.3 Å². The summed E-state index contributed by atoms with van der Waals surface area (Å²) in [7, 11) is 0. The molecule has 1 amide bonds. The summed E-state index contributed by atoms with van der Waals surface area (Å²) in [6.07, 6.45) is 13.0. The van der Waals surface area contributed by atoms with Gasteiger partial charge in [0.15, 0.2) is 0 Å². The van der Waals surface area contributed by atoms with Crippen molar-refractivity contribution in [3.8, 4) is 0 Å². The number of nitrogens with one attached hydrogen (secondary N) is 2. The molecule has 186 valence electrons. The Labute approximate surface area is 202 Å². The zero-order valence-corrected chi connectivity index (χ0v) is 20.2. The standard InChI is InChI=1S/C27H39N3O4/c31-25(32)23(30-26(33)27-11-7-18(8-12-27)9-13-27)10-15-34-22-16-19(17-22)3-5-21-6-4-20-2-1-14-28-24(20)29-21/h4,6,18-19,22-23H,1-3,5,7-17H2,(H,28,29)(H,30,33)(H,31,32)/t18?,19-,22-,23-,27?/m0/s1. The van der Waals surface area contributed by atoms with Crippen LogP contribution in [-0.2, 0) is 27.2 Å². The molecule has 0 unspecified atom stereocenters. The number of carboxylic acids is 1. The third-order valence-electron chi connectivity index (χ3n) is 8.89. The minimum atomic E-state index is -0.962. The van der Waals surface area contributed by atoms with Crippen molar-refractivity contribution in [1.29, 1.82) is 0 Å². The van der Waals surface area contributed by atoms with E-state index < -0.39 is 12.0 Å². The van der Waals surface area contributed by atoms with Gasteiger partial charge in [0.1, 0.15) is 11.9 Å². The Balaban J connectivity index is 1.00. The van der Waals surface area contributed by atoms with Gasteiger partial charge < -0.3 is 20.5 Å². The van der Waals surface area contributed by atoms with Crippen molar-refractivity contribution < 1.29 is 19.4 Å². The number of pyridine rings is 1. The summed E-state index contributed by atoms with van der Waals surface area (Å²) in [6.45, 7) is 1.39. The number of carbonyl (C=O) groups is 2. The second-order valence-corrected chi connectivity index (χ2v) is 11.1. The summed E-state index contributed by atoms with van der Waals surface area (Å²) in [5.74, 6) is 1.47. The summed E-state index contributed by atoms with van der Waals surface area (Å²) in [6, 6.07) is 3.52. The molecule has 7 heteroatoms. The molecule has 0 radical (unpaired) electrons. The van der Waals surface area contributed by atoms with E-state index in [1.165, 1.54) is 12.0 Å². The highest BCUT2D eigenvalue weighted by molar-refractivity contribution is 5.87. The molecule has 3 N–H and O–H groups in total. The molecule has 1 atom stereocenters. The Kier molecular flexibility index (Phi) is 7.09. The quantitative estimate of drug-likeness (QED) is 0.477. The van der Waals surface area contributed by atoms with Gasteiger partial charge in [0, 0.05) is 30.7 Å². The van der Waals surface area contributed by atoms with E-state index in [2.05, 4.69) is 22.8 Å². The maximum absolute atomic E-state index is 12.9. The van der Waals surface area contributed by atoms with Gasteiger partial charge in [0.05, 0.1) is 6.10 Å². The molecule has 0 saturated heterocycles. The number of aryl methyl sites for hydroxylation is 2. The molecule has 4 fully saturated rings. The van der Waals surface area contributed by atoms with E-state index >= 15 is 0 Å². The van der Waals surface area contributed by atoms with Crippen molar-refractivity contribution in [2.75, 3.05) is 18.5 Å². The van der Waals surface area contributed by atoms with E-state index in [0.29, 0.717) is 18.9 Å². The summed E-state index contributed by atoms with van der Waals surface area (Å²) in [5.41, 5.74) is 2.16. The van der Waals surface area contributed by atoms with E-state index in [-0.39, 0.29) is 17.4 Å². The van der Waals surface area contributed by atoms with Gasteiger partial charge in [-0.1, -0.05) is 6.07 Å². The molecule has 0 spiro atoms. The highest BCUT2D eigenvalue weighted by atomic mass is 16.5. The number of carbonyl (C=O) groups excluding carboxylic acids is 1. The number of rotatable bonds is 10. The van der Waals surface area contributed by atoms with E-state index in [4.69, 9.17) is 9.72 Å². The summed E-state index contributed by atoms with van der Waals surface area (Å²) < 4.78 is 5.96. The smallest absolute Gasteiger partial charge is 0.326 e. The number of fused-ring (bicyclic) bond motifs is 4. The lowest BCUT2D eigenvalue weighted by molar-refractivity contribution is -0.147. The Hall–Kier alpha value is -2.15. The van der Waals surface area contributed by atoms with Crippen molar-refractivity contribution in [3.63, 3.8) is 0 Å². The molecule has 2 heterocycles. The number of aromatic nitrogens is 1. The number of ether oxygens (including phenoxy) is 1. The fourth-order valence-electron chi connectivity index (χ4n) is 6.42. The van der Waals surface area contributed by atoms with Crippen LogP contribution in [0.15, 0.2) is 12.1 Å². The molecule has 4 saturated carbocycles. The first kappa shape index (κ1) is 23.6. The molecular weight excluding hydrogens is 430 g/mol. The van der Waals surface area contributed by atoms with Crippen LogP contribution in [0.4, 0.5) is 5.82 Å². The van der Waals surface area contributed by atoms with Crippen LogP contribution in [0.3, 0.4) is 0 Å². The average Bonchev–Trinajstić information content (AvgIpc) is 2.84. The van der Waals surface area contributed by atoms with Crippen LogP contribution < -0.4 is 10.6 Å². The highest BCUT2D eigenvalue weighted by Gasteiger charge is 2.46. The number of hydrogen-bond donors (Lipinski definition) is 3. The van der Waals surface area contributed by atoms with Crippen LogP contribution in [0.1, 0.15) is 81.9 Å². The number of anilines is 1. The van der Waals surface area contributed by atoms with Gasteiger partial charge in [-0.2, -0.15) is 0 Å². The van der Waals surface area contributed by atoms with Gasteiger partial charge in [-0.3, -0.25) is 4.79 Å². The third-order valence-corrected chi connectivity index (χ3v) is 8.89. The molecule has 0 aromatic carbocycles. The molecule has 6 rings (SSSR count). The topological polar surface area (TPSA) is 101 Å². The molecule has 4 aliphatic carbocycles. The molecule has 1 aliphatic heterocycles. The summed E-state index contributed by atoms with van der Waals surface area (Å²) in [4.78, 5) is 29.5. The highest BCUT2D eigenvalue weighted by Crippen LogP contribution is 2.50. The molecule has 2 bridgehead atoms. The Morgan fingerprint density at radius 3 is 2.71 bits per heavy atom. The maximum Gasteiger partial charge on any atom is 0.326 e. The Morgan fingerprint density at radius 1 is 1.21 bits per heavy atom. The molecule has 7 nitrogen and oxygen atoms in total. The van der Waals surface area contributed by atoms with Gasteiger partial charge in [-0.15, -0.1) is 0 Å². The van der Waals surface area contributed by atoms with Gasteiger partial charge in [-0.05, 0) is 101 Å². The third kappa shape index (κ3) is 5.24. The minimum absolute atomic E-state index is 0.0484. The van der Waals surface area contributed by atoms with E-state index in [1.54, 1.807) is 0 Å². The lowest BCUT2D eigenvalue weighted by Crippen LogP contribution is -2.52. The van der Waals surface area contributed by atoms with Crippen molar-refractivity contribution in [3.05, 3.63) is 23.4 Å². The van der Waals surface area contributed by atoms with Crippen LogP contribution >= 0.6 is 0 Å². The van der Waals surface area contributed by atoms with Gasteiger partial charge in [0.2, 0.25) is 5.91 Å². The minimum Gasteiger partial charge on any atom is -0.480 e. The fraction of sp³-hybridized carbons (Fsp3) is 0.741. The molecule has 1 aromatic rings. The lowest BCUT2D eigenvalue weighted by Gasteiger charge is -2.45. The van der Waals surface area contributed by atoms with Crippen LogP contribution in [0, 0.1) is 17.3 Å². The monoisotopic (exact) mass is 469 g/mol. The van der Waals surface area contributed by atoms with E-state index in [9.17, 15) is 14.7 Å². The fourth-order valence-corrected chi connectivity index (χ4v) is 6.42. The predicted octanol–water partition coefficient (Wildman–Crippen LogP) is 4.10. The van der Waals surface area contributed by atoms with Crippen molar-refractivity contribution in [2.24, 2.45) is 17.3 Å². The second kappa shape index (κ2) is 10.2. The van der Waals surface area contributed by atoms with Gasteiger partial charge in [0.25, 0.3) is 0 Å². The first-order valence-electron chi connectivity index (χ1n) is 13.4. The normalized spacial score (nSPS) is 30.5. The average molecular weight is 470 g/mol. The molecule has 34 heavy (non-hydrogen) atoms. The Bertz CT molecular complexity index is 876. The lowest BCUT2D eigenvalue weighted by atomic mass is 9.60. The van der Waals surface area contributed by atoms with Crippen LogP contribution in [0.25, 0.3) is 0 Å². The zero-order valence-electron chi connectivity index (χ0n) is 20.2. The molecule has 1 aromatic heterocycles. The molecule has 5 aliphatic rings. The number of carboxylic acid groups (broad SMARTS) is 1. The van der Waals surface area contributed by atoms with E-state index in [1.807, 2.05) is 0 Å². The van der Waals surface area contributed by atoms with Crippen molar-refractivity contribution >= 4 is 17.7 Å². The maximum atomic E-state index is 12.9. The number of nitrogens with zero attached hydrogens (tertiary/aromatic N) is 1. The first-order valence-corrected chi connectivity index (χ1v) is 13.4. The van der Waals surface area contributed by atoms with Crippen molar-refractivity contribution in [2.45, 2.75) is 95.6 Å². The van der Waals surface area contributed by atoms with Crippen LogP contribution in [0.2, 0.25) is 0 Å². The zero-order chi connectivity index (χ0) is 23.5. The van der Waals surface area contributed by atoms with E-state index in [0.717, 1.165) is 94.6 Å². The summed E-state index contributed by atoms with van der Waals surface area (Å²) >= 11 is 0. The number of aliphatic carboxylic acids is 1. The largest absolute Gasteiger partial charge is 0.480 e. The number of amides is 1. The number of hydrogen-bond acceptors (Lipinski definition) is 5. The van der Waals surface area contributed by atoms with Crippen LogP contribution in [0.5, 0.6) is 0 Å². The molecular formula is C27H39N3O4. The Morgan fingerprint density at radius 2 is 1.97 bits per heavy atom.